The molecule has 0 amide bonds. The van der Waals surface area contributed by atoms with Crippen molar-refractivity contribution in [3.8, 4) is 0 Å². The van der Waals surface area contributed by atoms with E-state index in [1.807, 2.05) is 60.1 Å². The third kappa shape index (κ3) is 7.23. The van der Waals surface area contributed by atoms with Gasteiger partial charge in [0.15, 0.2) is 0 Å². The maximum absolute atomic E-state index is 12.3. The Hall–Kier alpha value is -0.626. The van der Waals surface area contributed by atoms with Gasteiger partial charge in [-0.25, -0.2) is 0 Å². The molecule has 0 aromatic heterocycles. The first-order valence-corrected chi connectivity index (χ1v) is 13.9. The third-order valence-electron chi connectivity index (χ3n) is 3.05. The maximum atomic E-state index is 12.3. The van der Waals surface area contributed by atoms with E-state index in [0.717, 1.165) is 0 Å². The molecule has 0 aliphatic rings. The highest BCUT2D eigenvalue weighted by Crippen LogP contribution is 2.32. The lowest BCUT2D eigenvalue weighted by molar-refractivity contribution is -0.149. The molecule has 0 saturated heterocycles. The van der Waals surface area contributed by atoms with Gasteiger partial charge >= 0.3 is 0 Å². The lowest BCUT2D eigenvalue weighted by atomic mass is 9.78. The van der Waals surface area contributed by atoms with Gasteiger partial charge in [0.2, 0.25) is 16.6 Å². The first-order valence-electron chi connectivity index (χ1n) is 7.10. The SMILES string of the molecule is CC(CC(=O)O[Si](C)(C)C)C(C)(C)C(=O)O[Si](C)(C)C. The molecule has 0 rings (SSSR count). The minimum Gasteiger partial charge on any atom is -0.520 e. The first-order chi connectivity index (χ1) is 8.65. The fourth-order valence-corrected chi connectivity index (χ4v) is 3.08. The topological polar surface area (TPSA) is 52.6 Å². The van der Waals surface area contributed by atoms with Gasteiger partial charge in [0.25, 0.3) is 11.9 Å². The van der Waals surface area contributed by atoms with Crippen LogP contribution in [-0.2, 0) is 18.4 Å². The molecule has 6 heteroatoms. The van der Waals surface area contributed by atoms with Gasteiger partial charge in [-0.1, -0.05) is 6.92 Å². The summed E-state index contributed by atoms with van der Waals surface area (Å²) in [6.07, 6.45) is 0.248. The molecular formula is C14H30O4Si2. The van der Waals surface area contributed by atoms with Gasteiger partial charge < -0.3 is 8.85 Å². The summed E-state index contributed by atoms with van der Waals surface area (Å²) < 4.78 is 11.0. The molecule has 0 saturated carbocycles. The van der Waals surface area contributed by atoms with Crippen LogP contribution in [-0.4, -0.2) is 28.6 Å². The molecule has 0 radical (unpaired) electrons. The molecule has 0 bridgehead atoms. The normalized spacial score (nSPS) is 14.7. The smallest absolute Gasteiger partial charge is 0.298 e. The van der Waals surface area contributed by atoms with Crippen LogP contribution in [0.15, 0.2) is 0 Å². The van der Waals surface area contributed by atoms with Crippen LogP contribution in [0.2, 0.25) is 39.3 Å². The van der Waals surface area contributed by atoms with Crippen molar-refractivity contribution in [3.63, 3.8) is 0 Å². The Balaban J connectivity index is 4.70. The number of hydrogen-bond donors (Lipinski definition) is 0. The quantitative estimate of drug-likeness (QED) is 0.699. The van der Waals surface area contributed by atoms with E-state index in [-0.39, 0.29) is 24.3 Å². The Labute approximate surface area is 125 Å². The molecular weight excluding hydrogens is 288 g/mol. The molecule has 0 aliphatic carbocycles. The fraction of sp³-hybridized carbons (Fsp3) is 0.857. The first kappa shape index (κ1) is 19.4. The minimum atomic E-state index is -1.91. The van der Waals surface area contributed by atoms with Crippen LogP contribution in [0.4, 0.5) is 0 Å². The summed E-state index contributed by atoms with van der Waals surface area (Å²) in [6.45, 7) is 17.4. The van der Waals surface area contributed by atoms with Crippen LogP contribution in [0.3, 0.4) is 0 Å². The molecule has 0 aromatic rings. The van der Waals surface area contributed by atoms with E-state index in [1.165, 1.54) is 0 Å². The second-order valence-electron chi connectivity index (χ2n) is 7.92. The molecule has 0 fully saturated rings. The minimum absolute atomic E-state index is 0.116. The van der Waals surface area contributed by atoms with E-state index >= 15 is 0 Å². The highest BCUT2D eigenvalue weighted by Gasteiger charge is 2.39. The highest BCUT2D eigenvalue weighted by atomic mass is 28.4. The highest BCUT2D eigenvalue weighted by molar-refractivity contribution is 6.71. The van der Waals surface area contributed by atoms with Gasteiger partial charge in [0.05, 0.1) is 5.41 Å². The average Bonchev–Trinajstić information content (AvgIpc) is 2.10. The van der Waals surface area contributed by atoms with Crippen molar-refractivity contribution < 1.29 is 18.4 Å². The lowest BCUT2D eigenvalue weighted by Gasteiger charge is -2.32. The van der Waals surface area contributed by atoms with Crippen molar-refractivity contribution in [2.45, 2.75) is 66.5 Å². The summed E-state index contributed by atoms with van der Waals surface area (Å²) in [5, 5.41) is 0. The van der Waals surface area contributed by atoms with E-state index < -0.39 is 22.0 Å². The second-order valence-corrected chi connectivity index (χ2v) is 16.8. The molecule has 0 spiro atoms. The van der Waals surface area contributed by atoms with Crippen molar-refractivity contribution in [1.29, 1.82) is 0 Å². The van der Waals surface area contributed by atoms with Crippen molar-refractivity contribution in [3.05, 3.63) is 0 Å². The molecule has 0 heterocycles. The van der Waals surface area contributed by atoms with E-state index in [2.05, 4.69) is 0 Å². The Morgan fingerprint density at radius 3 is 1.70 bits per heavy atom. The fourth-order valence-electron chi connectivity index (χ4n) is 1.50. The van der Waals surface area contributed by atoms with Crippen molar-refractivity contribution in [2.24, 2.45) is 11.3 Å². The molecule has 20 heavy (non-hydrogen) atoms. The number of rotatable bonds is 6. The molecule has 0 N–H and O–H groups in total. The predicted molar refractivity (Wildman–Crippen MR) is 86.4 cm³/mol. The summed E-state index contributed by atoms with van der Waals surface area (Å²) >= 11 is 0. The van der Waals surface area contributed by atoms with Crippen molar-refractivity contribution in [1.82, 2.24) is 0 Å². The average molecular weight is 319 g/mol. The zero-order valence-electron chi connectivity index (χ0n) is 14.4. The van der Waals surface area contributed by atoms with Crippen LogP contribution in [0.5, 0.6) is 0 Å². The predicted octanol–water partition coefficient (Wildman–Crippen LogP) is 3.80. The van der Waals surface area contributed by atoms with Crippen LogP contribution >= 0.6 is 0 Å². The van der Waals surface area contributed by atoms with Gasteiger partial charge in [-0.3, -0.25) is 9.59 Å². The maximum Gasteiger partial charge on any atom is 0.298 e. The molecule has 1 atom stereocenters. The number of hydrogen-bond acceptors (Lipinski definition) is 4. The Bertz CT molecular complexity index is 364. The monoisotopic (exact) mass is 318 g/mol. The summed E-state index contributed by atoms with van der Waals surface area (Å²) in [6, 6.07) is 0. The van der Waals surface area contributed by atoms with Gasteiger partial charge in [-0.2, -0.15) is 0 Å². The number of carbonyl (C=O) groups is 2. The van der Waals surface area contributed by atoms with Crippen molar-refractivity contribution in [2.75, 3.05) is 0 Å². The van der Waals surface area contributed by atoms with Crippen LogP contribution in [0.1, 0.15) is 27.2 Å². The lowest BCUT2D eigenvalue weighted by Crippen LogP contribution is -2.41. The standard InChI is InChI=1S/C14H30O4Si2/c1-11(10-12(15)17-19(4,5)6)14(2,3)13(16)18-20(7,8)9/h11H,10H2,1-9H3. The zero-order valence-corrected chi connectivity index (χ0v) is 16.4. The van der Waals surface area contributed by atoms with E-state index in [4.69, 9.17) is 8.85 Å². The summed E-state index contributed by atoms with van der Waals surface area (Å²) in [5.41, 5.74) is -0.682. The summed E-state index contributed by atoms with van der Waals surface area (Å²) in [5.74, 6) is -0.550. The molecule has 0 aliphatic heterocycles. The third-order valence-corrected chi connectivity index (χ3v) is 4.69. The van der Waals surface area contributed by atoms with E-state index in [0.29, 0.717) is 0 Å². The zero-order chi connectivity index (χ0) is 16.4. The molecule has 1 unspecified atom stereocenters. The van der Waals surface area contributed by atoms with Gasteiger partial charge in [-0.15, -0.1) is 0 Å². The van der Waals surface area contributed by atoms with E-state index in [1.54, 1.807) is 0 Å². The Morgan fingerprint density at radius 2 is 1.35 bits per heavy atom. The van der Waals surface area contributed by atoms with Crippen molar-refractivity contribution >= 4 is 28.6 Å². The van der Waals surface area contributed by atoms with Gasteiger partial charge in [0, 0.05) is 6.42 Å². The summed E-state index contributed by atoms with van der Waals surface area (Å²) in [4.78, 5) is 24.2. The second kappa shape index (κ2) is 6.43. The Kier molecular flexibility index (Phi) is 6.23. The van der Waals surface area contributed by atoms with Gasteiger partial charge in [-0.05, 0) is 59.0 Å². The Morgan fingerprint density at radius 1 is 0.950 bits per heavy atom. The van der Waals surface area contributed by atoms with Crippen LogP contribution in [0.25, 0.3) is 0 Å². The van der Waals surface area contributed by atoms with Crippen LogP contribution < -0.4 is 0 Å². The number of carbonyl (C=O) groups excluding carboxylic acids is 2. The molecule has 118 valence electrons. The molecule has 4 nitrogen and oxygen atoms in total. The largest absolute Gasteiger partial charge is 0.520 e. The van der Waals surface area contributed by atoms with Gasteiger partial charge in [0.1, 0.15) is 0 Å². The van der Waals surface area contributed by atoms with E-state index in [9.17, 15) is 9.59 Å². The molecule has 0 aromatic carbocycles. The van der Waals surface area contributed by atoms with Crippen LogP contribution in [0, 0.1) is 11.3 Å². The summed E-state index contributed by atoms with van der Waals surface area (Å²) in [7, 11) is -3.78.